The van der Waals surface area contributed by atoms with Gasteiger partial charge >= 0.3 is 0 Å². The lowest BCUT2D eigenvalue weighted by Crippen LogP contribution is -2.51. The van der Waals surface area contributed by atoms with Crippen molar-refractivity contribution in [3.8, 4) is 0 Å². The van der Waals surface area contributed by atoms with Crippen LogP contribution < -0.4 is 10.6 Å². The van der Waals surface area contributed by atoms with Gasteiger partial charge in [-0.15, -0.1) is 0 Å². The number of amides is 1. The van der Waals surface area contributed by atoms with Gasteiger partial charge in [0.1, 0.15) is 0 Å². The zero-order chi connectivity index (χ0) is 10.6. The number of aliphatic hydroxyl groups excluding tert-OH is 1. The summed E-state index contributed by atoms with van der Waals surface area (Å²) in [6.07, 6.45) is 0.776. The van der Waals surface area contributed by atoms with Crippen molar-refractivity contribution in [2.45, 2.75) is 26.3 Å². The van der Waals surface area contributed by atoms with Crippen molar-refractivity contribution in [1.29, 1.82) is 0 Å². The lowest BCUT2D eigenvalue weighted by molar-refractivity contribution is -0.127. The summed E-state index contributed by atoms with van der Waals surface area (Å²) < 4.78 is 0. The molecule has 2 atom stereocenters. The molecule has 1 aliphatic rings. The number of hydrogen-bond donors (Lipinski definition) is 3. The topological polar surface area (TPSA) is 61.4 Å². The Morgan fingerprint density at radius 1 is 1.64 bits per heavy atom. The molecule has 1 rings (SSSR count). The van der Waals surface area contributed by atoms with Crippen LogP contribution in [-0.4, -0.2) is 36.8 Å². The molecule has 1 heterocycles. The third-order valence-corrected chi connectivity index (χ3v) is 2.99. The third-order valence-electron chi connectivity index (χ3n) is 2.99. The normalized spacial score (nSPS) is 21.1. The number of carbonyl (C=O) groups is 1. The van der Waals surface area contributed by atoms with Crippen LogP contribution in [0.3, 0.4) is 0 Å². The van der Waals surface area contributed by atoms with Crippen LogP contribution in [0.4, 0.5) is 0 Å². The smallest absolute Gasteiger partial charge is 0.223 e. The number of hydrogen-bond acceptors (Lipinski definition) is 3. The molecule has 1 saturated heterocycles. The maximum Gasteiger partial charge on any atom is 0.223 e. The number of aliphatic hydroxyl groups is 1. The predicted molar refractivity (Wildman–Crippen MR) is 54.8 cm³/mol. The Kier molecular flexibility index (Phi) is 4.35. The van der Waals surface area contributed by atoms with E-state index in [9.17, 15) is 4.79 Å². The molecule has 0 bridgehead atoms. The summed E-state index contributed by atoms with van der Waals surface area (Å²) in [6, 6.07) is -0.0852. The molecule has 1 fully saturated rings. The monoisotopic (exact) mass is 200 g/mol. The molecule has 3 N–H and O–H groups in total. The summed E-state index contributed by atoms with van der Waals surface area (Å²) in [7, 11) is 0. The van der Waals surface area contributed by atoms with Gasteiger partial charge in [-0.1, -0.05) is 13.8 Å². The Balaban J connectivity index is 2.32. The van der Waals surface area contributed by atoms with Crippen molar-refractivity contribution in [3.63, 3.8) is 0 Å². The average Bonchev–Trinajstić information content (AvgIpc) is 2.10. The molecule has 14 heavy (non-hydrogen) atoms. The van der Waals surface area contributed by atoms with Crippen LogP contribution >= 0.6 is 0 Å². The zero-order valence-corrected chi connectivity index (χ0v) is 8.92. The molecule has 82 valence electrons. The first kappa shape index (κ1) is 11.5. The van der Waals surface area contributed by atoms with Gasteiger partial charge in [-0.2, -0.15) is 0 Å². The van der Waals surface area contributed by atoms with Gasteiger partial charge < -0.3 is 15.7 Å². The fraction of sp³-hybridized carbons (Fsp3) is 0.900. The second kappa shape index (κ2) is 5.32. The van der Waals surface area contributed by atoms with Gasteiger partial charge in [0.25, 0.3) is 0 Å². The van der Waals surface area contributed by atoms with Crippen LogP contribution in [0.15, 0.2) is 0 Å². The minimum atomic E-state index is -0.0852. The molecule has 1 unspecified atom stereocenters. The van der Waals surface area contributed by atoms with E-state index in [1.54, 1.807) is 0 Å². The summed E-state index contributed by atoms with van der Waals surface area (Å²) in [4.78, 5) is 11.7. The van der Waals surface area contributed by atoms with Crippen LogP contribution in [0.1, 0.15) is 20.3 Å². The van der Waals surface area contributed by atoms with E-state index in [0.717, 1.165) is 19.5 Å². The lowest BCUT2D eigenvalue weighted by Gasteiger charge is -2.32. The van der Waals surface area contributed by atoms with E-state index in [4.69, 9.17) is 5.11 Å². The van der Waals surface area contributed by atoms with E-state index in [-0.39, 0.29) is 24.5 Å². The Hall–Kier alpha value is -0.610. The van der Waals surface area contributed by atoms with Crippen LogP contribution in [0.5, 0.6) is 0 Å². The first-order chi connectivity index (χ1) is 6.69. The van der Waals surface area contributed by atoms with Crippen LogP contribution in [0, 0.1) is 11.8 Å². The van der Waals surface area contributed by atoms with E-state index in [0.29, 0.717) is 5.92 Å². The van der Waals surface area contributed by atoms with Gasteiger partial charge in [0, 0.05) is 5.92 Å². The molecule has 0 spiro atoms. The van der Waals surface area contributed by atoms with Gasteiger partial charge in [0.2, 0.25) is 5.91 Å². The van der Waals surface area contributed by atoms with Crippen molar-refractivity contribution >= 4 is 5.91 Å². The Bertz CT molecular complexity index is 189. The number of carbonyl (C=O) groups excluding carboxylic acids is 1. The first-order valence-electron chi connectivity index (χ1n) is 5.31. The number of nitrogens with one attached hydrogen (secondary N) is 2. The van der Waals surface area contributed by atoms with Gasteiger partial charge in [0.15, 0.2) is 0 Å². The van der Waals surface area contributed by atoms with Crippen LogP contribution in [0.25, 0.3) is 0 Å². The molecule has 0 aliphatic carbocycles. The van der Waals surface area contributed by atoms with Gasteiger partial charge in [-0.3, -0.25) is 4.79 Å². The van der Waals surface area contributed by atoms with Gasteiger partial charge in [-0.25, -0.2) is 0 Å². The average molecular weight is 200 g/mol. The summed E-state index contributed by atoms with van der Waals surface area (Å²) in [5, 5.41) is 14.9. The fourth-order valence-electron chi connectivity index (χ4n) is 1.49. The second-order valence-corrected chi connectivity index (χ2v) is 4.00. The highest BCUT2D eigenvalue weighted by Gasteiger charge is 2.29. The summed E-state index contributed by atoms with van der Waals surface area (Å²) in [5.41, 5.74) is 0. The van der Waals surface area contributed by atoms with E-state index < -0.39 is 0 Å². The SMILES string of the molecule is CC[C@H](CO)NC(=O)C(C)C1CNC1. The Morgan fingerprint density at radius 3 is 2.64 bits per heavy atom. The van der Waals surface area contributed by atoms with Crippen LogP contribution in [-0.2, 0) is 4.79 Å². The minimum absolute atomic E-state index is 0.0257. The first-order valence-corrected chi connectivity index (χ1v) is 5.31. The third kappa shape index (κ3) is 2.69. The molecule has 0 aromatic carbocycles. The maximum atomic E-state index is 11.7. The highest BCUT2D eigenvalue weighted by atomic mass is 16.3. The van der Waals surface area contributed by atoms with Crippen molar-refractivity contribution in [2.24, 2.45) is 11.8 Å². The predicted octanol–water partition coefficient (Wildman–Crippen LogP) is -0.271. The van der Waals surface area contributed by atoms with E-state index in [2.05, 4.69) is 10.6 Å². The van der Waals surface area contributed by atoms with Crippen molar-refractivity contribution < 1.29 is 9.90 Å². The highest BCUT2D eigenvalue weighted by molar-refractivity contribution is 5.79. The van der Waals surface area contributed by atoms with Crippen molar-refractivity contribution in [1.82, 2.24) is 10.6 Å². The molecule has 0 aromatic rings. The number of rotatable bonds is 5. The summed E-state index contributed by atoms with van der Waals surface area (Å²) in [5.74, 6) is 0.584. The molecule has 1 amide bonds. The fourth-order valence-corrected chi connectivity index (χ4v) is 1.49. The Morgan fingerprint density at radius 2 is 2.29 bits per heavy atom. The quantitative estimate of drug-likeness (QED) is 0.572. The maximum absolute atomic E-state index is 11.7. The van der Waals surface area contributed by atoms with Crippen molar-refractivity contribution in [2.75, 3.05) is 19.7 Å². The largest absolute Gasteiger partial charge is 0.394 e. The standard InChI is InChI=1S/C10H20N2O2/c1-3-9(6-13)12-10(14)7(2)8-4-11-5-8/h7-9,11,13H,3-6H2,1-2H3,(H,12,14)/t7?,9-/m1/s1. The van der Waals surface area contributed by atoms with E-state index in [1.165, 1.54) is 0 Å². The highest BCUT2D eigenvalue weighted by Crippen LogP contribution is 2.15. The molecular weight excluding hydrogens is 180 g/mol. The minimum Gasteiger partial charge on any atom is -0.394 e. The Labute approximate surface area is 85.1 Å². The molecule has 0 aromatic heterocycles. The lowest BCUT2D eigenvalue weighted by atomic mass is 9.88. The van der Waals surface area contributed by atoms with E-state index >= 15 is 0 Å². The van der Waals surface area contributed by atoms with Crippen molar-refractivity contribution in [3.05, 3.63) is 0 Å². The molecule has 1 aliphatic heterocycles. The zero-order valence-electron chi connectivity index (χ0n) is 8.92. The van der Waals surface area contributed by atoms with E-state index in [1.807, 2.05) is 13.8 Å². The molecule has 4 nitrogen and oxygen atoms in total. The van der Waals surface area contributed by atoms with Gasteiger partial charge in [-0.05, 0) is 25.4 Å². The molecule has 0 saturated carbocycles. The summed E-state index contributed by atoms with van der Waals surface area (Å²) in [6.45, 7) is 5.80. The molecule has 0 radical (unpaired) electrons. The molecule has 4 heteroatoms. The van der Waals surface area contributed by atoms with Crippen LogP contribution in [0.2, 0.25) is 0 Å². The van der Waals surface area contributed by atoms with Gasteiger partial charge in [0.05, 0.1) is 12.6 Å². The second-order valence-electron chi connectivity index (χ2n) is 4.00. The molecular formula is C10H20N2O2. The summed E-state index contributed by atoms with van der Waals surface area (Å²) >= 11 is 0.